The molecule has 2 heterocycles. The summed E-state index contributed by atoms with van der Waals surface area (Å²) in [6, 6.07) is 7.63. The Morgan fingerprint density at radius 3 is 2.46 bits per heavy atom. The highest BCUT2D eigenvalue weighted by Gasteiger charge is 2.23. The number of carbonyl (C=O) groups is 3. The Morgan fingerprint density at radius 2 is 1.79 bits per heavy atom. The lowest BCUT2D eigenvalue weighted by molar-refractivity contribution is -0.130. The first-order chi connectivity index (χ1) is 13.3. The molecule has 0 aliphatic carbocycles. The Kier molecular flexibility index (Phi) is 5.91. The molecule has 1 aliphatic heterocycles. The van der Waals surface area contributed by atoms with Crippen LogP contribution in [-0.4, -0.2) is 40.5 Å². The van der Waals surface area contributed by atoms with Crippen molar-refractivity contribution in [2.24, 2.45) is 5.10 Å². The first-order valence-electron chi connectivity index (χ1n) is 8.21. The summed E-state index contributed by atoms with van der Waals surface area (Å²) in [5, 5.41) is 11.1. The number of hydrogen-bond donors (Lipinski definition) is 2. The lowest BCUT2D eigenvalue weighted by atomic mass is 10.1. The topological polar surface area (TPSA) is 104 Å². The number of benzene rings is 1. The van der Waals surface area contributed by atoms with Gasteiger partial charge >= 0.3 is 0 Å². The van der Waals surface area contributed by atoms with E-state index in [4.69, 9.17) is 23.2 Å². The summed E-state index contributed by atoms with van der Waals surface area (Å²) in [6.45, 7) is 0. The van der Waals surface area contributed by atoms with Gasteiger partial charge in [0, 0.05) is 31.1 Å². The molecular formula is C18H15Cl2N5O3. The Balaban J connectivity index is 1.81. The third-order valence-corrected chi connectivity index (χ3v) is 4.37. The second-order valence-corrected chi connectivity index (χ2v) is 6.80. The summed E-state index contributed by atoms with van der Waals surface area (Å²) in [7, 11) is 1.48. The molecule has 1 aromatic carbocycles. The maximum absolute atomic E-state index is 12.6. The Labute approximate surface area is 170 Å². The number of halogens is 2. The van der Waals surface area contributed by atoms with E-state index in [9.17, 15) is 14.4 Å². The quantitative estimate of drug-likeness (QED) is 0.793. The molecule has 1 aliphatic rings. The average Bonchev–Trinajstić information content (AvgIpc) is 2.65. The molecule has 28 heavy (non-hydrogen) atoms. The second-order valence-electron chi connectivity index (χ2n) is 5.92. The molecule has 8 nitrogen and oxygen atoms in total. The van der Waals surface area contributed by atoms with Gasteiger partial charge in [-0.3, -0.25) is 14.4 Å². The van der Waals surface area contributed by atoms with E-state index >= 15 is 0 Å². The van der Waals surface area contributed by atoms with Crippen molar-refractivity contribution in [3.63, 3.8) is 0 Å². The van der Waals surface area contributed by atoms with Gasteiger partial charge in [-0.2, -0.15) is 5.10 Å². The molecule has 2 aromatic rings. The fourth-order valence-electron chi connectivity index (χ4n) is 2.48. The molecule has 0 bridgehead atoms. The first kappa shape index (κ1) is 19.8. The summed E-state index contributed by atoms with van der Waals surface area (Å²) >= 11 is 11.8. The van der Waals surface area contributed by atoms with E-state index in [2.05, 4.69) is 20.7 Å². The molecule has 0 radical (unpaired) electrons. The average molecular weight is 420 g/mol. The van der Waals surface area contributed by atoms with Crippen LogP contribution < -0.4 is 10.6 Å². The summed E-state index contributed by atoms with van der Waals surface area (Å²) in [4.78, 5) is 40.7. The van der Waals surface area contributed by atoms with Crippen molar-refractivity contribution >= 4 is 58.1 Å². The van der Waals surface area contributed by atoms with Gasteiger partial charge in [0.25, 0.3) is 11.8 Å². The Morgan fingerprint density at radius 1 is 1.04 bits per heavy atom. The van der Waals surface area contributed by atoms with Crippen molar-refractivity contribution in [2.45, 2.75) is 12.8 Å². The minimum atomic E-state index is -0.514. The fraction of sp³-hybridized carbons (Fsp3) is 0.167. The number of carbonyl (C=O) groups excluding carboxylic acids is 3. The van der Waals surface area contributed by atoms with Crippen LogP contribution in [-0.2, 0) is 9.59 Å². The van der Waals surface area contributed by atoms with E-state index in [-0.39, 0.29) is 35.7 Å². The van der Waals surface area contributed by atoms with Crippen molar-refractivity contribution in [1.82, 2.24) is 9.99 Å². The predicted octanol–water partition coefficient (Wildman–Crippen LogP) is 3.19. The molecule has 0 spiro atoms. The highest BCUT2D eigenvalue weighted by atomic mass is 35.5. The molecule has 0 saturated carbocycles. The summed E-state index contributed by atoms with van der Waals surface area (Å²) in [6.07, 6.45) is 1.81. The molecule has 0 saturated heterocycles. The summed E-state index contributed by atoms with van der Waals surface area (Å²) < 4.78 is 0. The van der Waals surface area contributed by atoms with Crippen molar-refractivity contribution in [3.05, 3.63) is 52.1 Å². The van der Waals surface area contributed by atoms with Gasteiger partial charge in [0.1, 0.15) is 11.5 Å². The van der Waals surface area contributed by atoms with Crippen LogP contribution in [0.5, 0.6) is 0 Å². The Bertz CT molecular complexity index is 976. The number of nitrogens with zero attached hydrogens (tertiary/aromatic N) is 3. The smallest absolute Gasteiger partial charge is 0.271 e. The van der Waals surface area contributed by atoms with E-state index in [0.29, 0.717) is 15.9 Å². The zero-order valence-corrected chi connectivity index (χ0v) is 16.2. The first-order valence-corrected chi connectivity index (χ1v) is 8.97. The molecule has 0 unspecified atom stereocenters. The van der Waals surface area contributed by atoms with Crippen LogP contribution >= 0.6 is 23.2 Å². The van der Waals surface area contributed by atoms with Crippen LogP contribution in [0.3, 0.4) is 0 Å². The zero-order chi connectivity index (χ0) is 20.3. The van der Waals surface area contributed by atoms with Crippen LogP contribution in [0.4, 0.5) is 11.5 Å². The molecule has 2 N–H and O–H groups in total. The molecular weight excluding hydrogens is 405 g/mol. The van der Waals surface area contributed by atoms with Gasteiger partial charge in [-0.05, 0) is 30.3 Å². The van der Waals surface area contributed by atoms with Crippen molar-refractivity contribution in [1.29, 1.82) is 0 Å². The maximum Gasteiger partial charge on any atom is 0.271 e. The van der Waals surface area contributed by atoms with Gasteiger partial charge in [0.15, 0.2) is 0 Å². The van der Waals surface area contributed by atoms with Crippen LogP contribution in [0, 0.1) is 0 Å². The number of rotatable bonds is 4. The Hall–Kier alpha value is -2.97. The second kappa shape index (κ2) is 8.37. The highest BCUT2D eigenvalue weighted by Crippen LogP contribution is 2.23. The van der Waals surface area contributed by atoms with Crippen LogP contribution in [0.2, 0.25) is 10.0 Å². The normalized spacial score (nSPS) is 13.8. The van der Waals surface area contributed by atoms with Gasteiger partial charge in [0.2, 0.25) is 5.91 Å². The lowest BCUT2D eigenvalue weighted by Gasteiger charge is -2.19. The van der Waals surface area contributed by atoms with Gasteiger partial charge in [-0.15, -0.1) is 0 Å². The number of aromatic nitrogens is 1. The van der Waals surface area contributed by atoms with E-state index in [1.807, 2.05) is 0 Å². The molecule has 0 atom stereocenters. The maximum atomic E-state index is 12.6. The van der Waals surface area contributed by atoms with E-state index in [1.165, 1.54) is 31.4 Å². The monoisotopic (exact) mass is 419 g/mol. The van der Waals surface area contributed by atoms with Crippen molar-refractivity contribution in [3.8, 4) is 0 Å². The SMILES string of the molecule is CN1N=C(C(=O)Nc2cc(Cl)ccc2C(=O)Nc2ccc(Cl)cn2)CCC1=O. The standard InChI is InChI=1S/C18H15Cl2N5O3/c1-25-16(26)7-5-13(24-25)18(28)22-14-8-10(19)2-4-12(14)17(27)23-15-6-3-11(20)9-21-15/h2-4,6,8-9H,5,7H2,1H3,(H,22,28)(H,21,23,27). The number of nitrogens with one attached hydrogen (secondary N) is 2. The van der Waals surface area contributed by atoms with E-state index in [0.717, 1.165) is 5.01 Å². The molecule has 3 amide bonds. The summed E-state index contributed by atoms with van der Waals surface area (Å²) in [5.41, 5.74) is 0.592. The van der Waals surface area contributed by atoms with Crippen LogP contribution in [0.15, 0.2) is 41.6 Å². The van der Waals surface area contributed by atoms with Gasteiger partial charge in [0.05, 0.1) is 16.3 Å². The number of hydrogen-bond acceptors (Lipinski definition) is 5. The number of amides is 3. The summed E-state index contributed by atoms with van der Waals surface area (Å²) in [5.74, 6) is -0.867. The molecule has 3 rings (SSSR count). The van der Waals surface area contributed by atoms with Crippen molar-refractivity contribution in [2.75, 3.05) is 17.7 Å². The van der Waals surface area contributed by atoms with E-state index in [1.54, 1.807) is 12.1 Å². The fourth-order valence-corrected chi connectivity index (χ4v) is 2.76. The molecule has 0 fully saturated rings. The van der Waals surface area contributed by atoms with Gasteiger partial charge in [-0.25, -0.2) is 9.99 Å². The molecule has 144 valence electrons. The number of hydrazone groups is 1. The molecule has 1 aromatic heterocycles. The van der Waals surface area contributed by atoms with E-state index < -0.39 is 11.8 Å². The van der Waals surface area contributed by atoms with Crippen LogP contribution in [0.25, 0.3) is 0 Å². The van der Waals surface area contributed by atoms with Gasteiger partial charge in [-0.1, -0.05) is 23.2 Å². The van der Waals surface area contributed by atoms with Crippen molar-refractivity contribution < 1.29 is 14.4 Å². The number of anilines is 2. The third kappa shape index (κ3) is 4.65. The minimum absolute atomic E-state index is 0.171. The molecule has 10 heteroatoms. The minimum Gasteiger partial charge on any atom is -0.320 e. The van der Waals surface area contributed by atoms with Crippen LogP contribution in [0.1, 0.15) is 23.2 Å². The largest absolute Gasteiger partial charge is 0.320 e. The lowest BCUT2D eigenvalue weighted by Crippen LogP contribution is -2.34. The zero-order valence-electron chi connectivity index (χ0n) is 14.7. The van der Waals surface area contributed by atoms with Gasteiger partial charge < -0.3 is 10.6 Å². The highest BCUT2D eigenvalue weighted by molar-refractivity contribution is 6.44. The predicted molar refractivity (Wildman–Crippen MR) is 107 cm³/mol. The third-order valence-electron chi connectivity index (χ3n) is 3.91. The number of pyridine rings is 1.